The smallest absolute Gasteiger partial charge is 0.0314 e. The molecule has 1 heteroatoms. The van der Waals surface area contributed by atoms with Crippen LogP contribution in [-0.2, 0) is 11.8 Å². The van der Waals surface area contributed by atoms with Crippen molar-refractivity contribution in [1.82, 2.24) is 0 Å². The third kappa shape index (κ3) is 2.70. The summed E-state index contributed by atoms with van der Waals surface area (Å²) in [6, 6.07) is 17.8. The molecule has 1 saturated carbocycles. The van der Waals surface area contributed by atoms with Crippen LogP contribution in [0.4, 0.5) is 5.69 Å². The molecule has 2 aromatic carbocycles. The Hall–Kier alpha value is -1.76. The molecule has 0 unspecified atom stereocenters. The summed E-state index contributed by atoms with van der Waals surface area (Å²) in [6.45, 7) is 2.21. The molecule has 0 bridgehead atoms. The van der Waals surface area contributed by atoms with Gasteiger partial charge in [0, 0.05) is 11.1 Å². The maximum atomic E-state index is 5.88. The standard InChI is InChI=1S/C20H25N/c1-2-16-6-8-17(9-7-16)20(14-4-3-5-15-20)18-10-12-19(21)13-11-18/h6-13H,2-5,14-15,21H2,1H3. The highest BCUT2D eigenvalue weighted by atomic mass is 14.5. The molecule has 3 rings (SSSR count). The summed E-state index contributed by atoms with van der Waals surface area (Å²) in [5.74, 6) is 0. The Balaban J connectivity index is 2.05. The third-order valence-electron chi connectivity index (χ3n) is 5.09. The van der Waals surface area contributed by atoms with Crippen molar-refractivity contribution in [3.8, 4) is 0 Å². The molecule has 1 aliphatic rings. The van der Waals surface area contributed by atoms with E-state index in [0.29, 0.717) is 0 Å². The van der Waals surface area contributed by atoms with Crippen LogP contribution < -0.4 is 5.73 Å². The van der Waals surface area contributed by atoms with Gasteiger partial charge in [0.15, 0.2) is 0 Å². The number of nitrogens with two attached hydrogens (primary N) is 1. The number of benzene rings is 2. The van der Waals surface area contributed by atoms with Gasteiger partial charge in [0.2, 0.25) is 0 Å². The lowest BCUT2D eigenvalue weighted by atomic mass is 9.65. The summed E-state index contributed by atoms with van der Waals surface area (Å²) >= 11 is 0. The van der Waals surface area contributed by atoms with Crippen LogP contribution in [0.1, 0.15) is 55.7 Å². The van der Waals surface area contributed by atoms with Crippen molar-refractivity contribution in [2.75, 3.05) is 5.73 Å². The van der Waals surface area contributed by atoms with E-state index in [4.69, 9.17) is 5.73 Å². The predicted molar refractivity (Wildman–Crippen MR) is 90.5 cm³/mol. The minimum absolute atomic E-state index is 0.193. The lowest BCUT2D eigenvalue weighted by molar-refractivity contribution is 0.346. The molecular formula is C20H25N. The number of rotatable bonds is 3. The number of hydrogen-bond acceptors (Lipinski definition) is 1. The molecule has 21 heavy (non-hydrogen) atoms. The minimum Gasteiger partial charge on any atom is -0.399 e. The van der Waals surface area contributed by atoms with E-state index in [1.54, 1.807) is 0 Å². The highest BCUT2D eigenvalue weighted by Crippen LogP contribution is 2.45. The Morgan fingerprint density at radius 3 is 1.86 bits per heavy atom. The molecule has 0 aromatic heterocycles. The van der Waals surface area contributed by atoms with Crippen molar-refractivity contribution in [2.24, 2.45) is 0 Å². The van der Waals surface area contributed by atoms with Crippen LogP contribution in [0.25, 0.3) is 0 Å². The first-order valence-corrected chi connectivity index (χ1v) is 8.20. The van der Waals surface area contributed by atoms with E-state index in [1.165, 1.54) is 48.8 Å². The van der Waals surface area contributed by atoms with Crippen molar-refractivity contribution in [3.05, 3.63) is 65.2 Å². The Kier molecular flexibility index (Phi) is 4.01. The molecule has 0 spiro atoms. The first-order valence-electron chi connectivity index (χ1n) is 8.20. The number of hydrogen-bond donors (Lipinski definition) is 1. The normalized spacial score (nSPS) is 17.6. The molecule has 0 heterocycles. The second kappa shape index (κ2) is 5.93. The fourth-order valence-electron chi connectivity index (χ4n) is 3.76. The highest BCUT2D eigenvalue weighted by Gasteiger charge is 2.35. The van der Waals surface area contributed by atoms with Crippen LogP contribution in [0.15, 0.2) is 48.5 Å². The van der Waals surface area contributed by atoms with Crippen molar-refractivity contribution >= 4 is 5.69 Å². The van der Waals surface area contributed by atoms with E-state index in [2.05, 4.69) is 43.3 Å². The van der Waals surface area contributed by atoms with E-state index < -0.39 is 0 Å². The Morgan fingerprint density at radius 1 is 0.810 bits per heavy atom. The van der Waals surface area contributed by atoms with Gasteiger partial charge in [-0.05, 0) is 48.1 Å². The van der Waals surface area contributed by atoms with Crippen LogP contribution >= 0.6 is 0 Å². The zero-order chi connectivity index (χ0) is 14.7. The maximum Gasteiger partial charge on any atom is 0.0314 e. The molecule has 0 amide bonds. The second-order valence-electron chi connectivity index (χ2n) is 6.32. The summed E-state index contributed by atoms with van der Waals surface area (Å²) < 4.78 is 0. The molecule has 2 aromatic rings. The van der Waals surface area contributed by atoms with Gasteiger partial charge in [-0.1, -0.05) is 62.6 Å². The molecule has 1 fully saturated rings. The fraction of sp³-hybridized carbons (Fsp3) is 0.400. The van der Waals surface area contributed by atoms with E-state index >= 15 is 0 Å². The Morgan fingerprint density at radius 2 is 1.33 bits per heavy atom. The van der Waals surface area contributed by atoms with Crippen LogP contribution in [0.5, 0.6) is 0 Å². The van der Waals surface area contributed by atoms with E-state index in [0.717, 1.165) is 12.1 Å². The van der Waals surface area contributed by atoms with Gasteiger partial charge in [0.05, 0.1) is 0 Å². The molecule has 0 atom stereocenters. The largest absolute Gasteiger partial charge is 0.399 e. The fourth-order valence-corrected chi connectivity index (χ4v) is 3.76. The predicted octanol–water partition coefficient (Wildman–Crippen LogP) is 5.08. The van der Waals surface area contributed by atoms with Crippen LogP contribution in [-0.4, -0.2) is 0 Å². The van der Waals surface area contributed by atoms with Gasteiger partial charge in [-0.15, -0.1) is 0 Å². The van der Waals surface area contributed by atoms with Gasteiger partial charge in [-0.25, -0.2) is 0 Å². The lowest BCUT2D eigenvalue weighted by Gasteiger charge is -2.38. The maximum absolute atomic E-state index is 5.88. The molecule has 0 radical (unpaired) electrons. The molecule has 1 nitrogen and oxygen atoms in total. The van der Waals surface area contributed by atoms with Crippen molar-refractivity contribution in [2.45, 2.75) is 50.9 Å². The Bertz CT molecular complexity index is 574. The average molecular weight is 279 g/mol. The van der Waals surface area contributed by atoms with E-state index in [1.807, 2.05) is 12.1 Å². The van der Waals surface area contributed by atoms with Crippen LogP contribution in [0, 0.1) is 0 Å². The molecule has 1 aliphatic carbocycles. The van der Waals surface area contributed by atoms with Gasteiger partial charge in [-0.2, -0.15) is 0 Å². The number of aryl methyl sites for hydroxylation is 1. The topological polar surface area (TPSA) is 26.0 Å². The first kappa shape index (κ1) is 14.2. The van der Waals surface area contributed by atoms with E-state index in [-0.39, 0.29) is 5.41 Å². The zero-order valence-electron chi connectivity index (χ0n) is 12.9. The van der Waals surface area contributed by atoms with Gasteiger partial charge < -0.3 is 5.73 Å². The molecule has 2 N–H and O–H groups in total. The monoisotopic (exact) mass is 279 g/mol. The second-order valence-corrected chi connectivity index (χ2v) is 6.32. The van der Waals surface area contributed by atoms with Gasteiger partial charge in [0.1, 0.15) is 0 Å². The Labute approximate surface area is 128 Å². The van der Waals surface area contributed by atoms with Gasteiger partial charge in [0.25, 0.3) is 0 Å². The summed E-state index contributed by atoms with van der Waals surface area (Å²) in [5, 5.41) is 0. The van der Waals surface area contributed by atoms with Crippen molar-refractivity contribution in [1.29, 1.82) is 0 Å². The van der Waals surface area contributed by atoms with Crippen LogP contribution in [0.2, 0.25) is 0 Å². The van der Waals surface area contributed by atoms with Crippen molar-refractivity contribution in [3.63, 3.8) is 0 Å². The molecule has 110 valence electrons. The number of nitrogen functional groups attached to an aromatic ring is 1. The van der Waals surface area contributed by atoms with Crippen molar-refractivity contribution < 1.29 is 0 Å². The van der Waals surface area contributed by atoms with Crippen LogP contribution in [0.3, 0.4) is 0 Å². The quantitative estimate of drug-likeness (QED) is 0.779. The zero-order valence-corrected chi connectivity index (χ0v) is 12.9. The summed E-state index contributed by atoms with van der Waals surface area (Å²) in [7, 11) is 0. The summed E-state index contributed by atoms with van der Waals surface area (Å²) in [4.78, 5) is 0. The molecular weight excluding hydrogens is 254 g/mol. The lowest BCUT2D eigenvalue weighted by Crippen LogP contribution is -2.30. The van der Waals surface area contributed by atoms with Gasteiger partial charge >= 0.3 is 0 Å². The molecule has 0 saturated heterocycles. The highest BCUT2D eigenvalue weighted by molar-refractivity contribution is 5.46. The van der Waals surface area contributed by atoms with E-state index in [9.17, 15) is 0 Å². The first-order chi connectivity index (χ1) is 10.2. The summed E-state index contributed by atoms with van der Waals surface area (Å²) in [5.41, 5.74) is 11.2. The van der Waals surface area contributed by atoms with Gasteiger partial charge in [-0.3, -0.25) is 0 Å². The average Bonchev–Trinajstić information content (AvgIpc) is 2.56. The minimum atomic E-state index is 0.193. The number of anilines is 1. The third-order valence-corrected chi connectivity index (χ3v) is 5.09. The summed E-state index contributed by atoms with van der Waals surface area (Å²) in [6.07, 6.45) is 7.61. The molecule has 0 aliphatic heterocycles. The SMILES string of the molecule is CCc1ccc(C2(c3ccc(N)cc3)CCCCC2)cc1.